The summed E-state index contributed by atoms with van der Waals surface area (Å²) in [4.78, 5) is 38.6. The summed E-state index contributed by atoms with van der Waals surface area (Å²) in [6.45, 7) is 1.33. The summed E-state index contributed by atoms with van der Waals surface area (Å²) in [5.41, 5.74) is 1.36. The Labute approximate surface area is 245 Å². The first-order valence-corrected chi connectivity index (χ1v) is 13.8. The molecule has 1 unspecified atom stereocenters. The lowest BCUT2D eigenvalue weighted by Crippen LogP contribution is -2.51. The number of methoxy groups -OCH3 is 2. The summed E-state index contributed by atoms with van der Waals surface area (Å²) >= 11 is 0. The maximum Gasteiger partial charge on any atom is 0.416 e. The second kappa shape index (κ2) is 10.9. The van der Waals surface area contributed by atoms with Gasteiger partial charge in [0.1, 0.15) is 23.0 Å². The van der Waals surface area contributed by atoms with Crippen molar-refractivity contribution < 1.29 is 37.0 Å². The van der Waals surface area contributed by atoms with E-state index in [4.69, 9.17) is 14.2 Å². The molecule has 0 bridgehead atoms. The molecule has 9 nitrogen and oxygen atoms in total. The lowest BCUT2D eigenvalue weighted by atomic mass is 9.76. The molecule has 4 heterocycles. The number of aromatic amines is 1. The van der Waals surface area contributed by atoms with Crippen molar-refractivity contribution in [3.8, 4) is 17.1 Å². The van der Waals surface area contributed by atoms with Gasteiger partial charge in [-0.2, -0.15) is 13.2 Å². The Kier molecular flexibility index (Phi) is 7.23. The van der Waals surface area contributed by atoms with Crippen molar-refractivity contribution in [2.45, 2.75) is 43.4 Å². The molecule has 1 spiro atoms. The molecule has 2 aromatic heterocycles. The Hall–Kier alpha value is -4.61. The van der Waals surface area contributed by atoms with E-state index in [0.717, 1.165) is 23.5 Å². The Balaban J connectivity index is 1.17. The number of alkyl halides is 3. The van der Waals surface area contributed by atoms with Gasteiger partial charge in [0.25, 0.3) is 0 Å². The van der Waals surface area contributed by atoms with Gasteiger partial charge < -0.3 is 24.1 Å². The zero-order chi connectivity index (χ0) is 30.4. The van der Waals surface area contributed by atoms with Crippen molar-refractivity contribution in [3.05, 3.63) is 71.4 Å². The number of halogens is 3. The fraction of sp³-hybridized carbons (Fsp3) is 0.355. The van der Waals surface area contributed by atoms with Crippen LogP contribution in [-0.2, 0) is 20.4 Å². The van der Waals surface area contributed by atoms with Gasteiger partial charge in [0, 0.05) is 43.6 Å². The molecule has 1 fully saturated rings. The maximum atomic E-state index is 13.1. The molecule has 0 saturated carbocycles. The predicted molar refractivity (Wildman–Crippen MR) is 151 cm³/mol. The van der Waals surface area contributed by atoms with E-state index in [-0.39, 0.29) is 18.3 Å². The van der Waals surface area contributed by atoms with E-state index in [9.17, 15) is 22.8 Å². The van der Waals surface area contributed by atoms with E-state index in [1.165, 1.54) is 20.3 Å². The molecular formula is C31H29F3N4O5. The number of carbonyl (C=O) groups excluding carboxylic acids is 2. The fourth-order valence-electron chi connectivity index (χ4n) is 5.99. The van der Waals surface area contributed by atoms with Crippen LogP contribution in [0.5, 0.6) is 5.75 Å². The van der Waals surface area contributed by atoms with Crippen LogP contribution in [0.25, 0.3) is 22.4 Å². The maximum absolute atomic E-state index is 13.1. The van der Waals surface area contributed by atoms with E-state index in [1.54, 1.807) is 24.4 Å². The van der Waals surface area contributed by atoms with Crippen molar-refractivity contribution in [3.63, 3.8) is 0 Å². The molecule has 2 aliphatic heterocycles. The molecule has 1 saturated heterocycles. The first-order chi connectivity index (χ1) is 20.6. The van der Waals surface area contributed by atoms with Crippen molar-refractivity contribution in [1.29, 1.82) is 0 Å². The van der Waals surface area contributed by atoms with E-state index < -0.39 is 23.3 Å². The molecule has 4 aromatic rings. The zero-order valence-corrected chi connectivity index (χ0v) is 23.5. The van der Waals surface area contributed by atoms with Crippen LogP contribution in [0.3, 0.4) is 0 Å². The highest BCUT2D eigenvalue weighted by Crippen LogP contribution is 2.47. The van der Waals surface area contributed by atoms with Crippen molar-refractivity contribution in [2.75, 3.05) is 32.2 Å². The number of ether oxygens (including phenoxy) is 3. The molecule has 1 N–H and O–H groups in total. The Morgan fingerprint density at radius 3 is 2.53 bits per heavy atom. The highest BCUT2D eigenvalue weighted by molar-refractivity contribution is 5.90. The quantitative estimate of drug-likeness (QED) is 0.285. The molecule has 0 amide bonds. The van der Waals surface area contributed by atoms with Gasteiger partial charge in [-0.15, -0.1) is 0 Å². The molecule has 2 aliphatic rings. The third kappa shape index (κ3) is 5.61. The minimum atomic E-state index is -4.43. The number of rotatable bonds is 5. The first kappa shape index (κ1) is 28.5. The molecule has 0 aliphatic carbocycles. The predicted octanol–water partition coefficient (Wildman–Crippen LogP) is 5.90. The topological polar surface area (TPSA) is 107 Å². The number of anilines is 1. The second-order valence-corrected chi connectivity index (χ2v) is 10.9. The molecule has 43 heavy (non-hydrogen) atoms. The van der Waals surface area contributed by atoms with Gasteiger partial charge in [-0.05, 0) is 60.5 Å². The van der Waals surface area contributed by atoms with Crippen molar-refractivity contribution in [2.24, 2.45) is 0 Å². The van der Waals surface area contributed by atoms with Gasteiger partial charge in [-0.3, -0.25) is 4.79 Å². The number of pyridine rings is 1. The van der Waals surface area contributed by atoms with Crippen LogP contribution in [0.15, 0.2) is 54.7 Å². The number of nitrogens with one attached hydrogen (secondary N) is 1. The van der Waals surface area contributed by atoms with E-state index in [2.05, 4.69) is 19.9 Å². The number of benzene rings is 2. The summed E-state index contributed by atoms with van der Waals surface area (Å²) in [5, 5.41) is 0. The molecule has 6 rings (SSSR count). The van der Waals surface area contributed by atoms with Crippen LogP contribution >= 0.6 is 0 Å². The Morgan fingerprint density at radius 1 is 1.07 bits per heavy atom. The Morgan fingerprint density at radius 2 is 1.86 bits per heavy atom. The van der Waals surface area contributed by atoms with Crippen LogP contribution < -0.4 is 9.64 Å². The fourth-order valence-corrected chi connectivity index (χ4v) is 5.99. The van der Waals surface area contributed by atoms with Gasteiger partial charge in [0.05, 0.1) is 42.8 Å². The molecular weight excluding hydrogens is 565 g/mol. The van der Waals surface area contributed by atoms with E-state index >= 15 is 0 Å². The third-order valence-electron chi connectivity index (χ3n) is 8.29. The average molecular weight is 595 g/mol. The number of H-pyrrole nitrogens is 1. The molecule has 12 heteroatoms. The summed E-state index contributed by atoms with van der Waals surface area (Å²) in [6, 6.07) is 12.3. The molecule has 1 atom stereocenters. The van der Waals surface area contributed by atoms with Gasteiger partial charge in [0.2, 0.25) is 0 Å². The van der Waals surface area contributed by atoms with Crippen LogP contribution in [0.4, 0.5) is 19.0 Å². The number of fused-ring (bicyclic) bond motifs is 2. The number of imidazole rings is 1. The summed E-state index contributed by atoms with van der Waals surface area (Å²) < 4.78 is 55.7. The zero-order valence-electron chi connectivity index (χ0n) is 23.5. The largest absolute Gasteiger partial charge is 0.487 e. The van der Waals surface area contributed by atoms with Crippen LogP contribution in [0.1, 0.15) is 53.1 Å². The number of hydrogen-bond donors (Lipinski definition) is 1. The summed E-state index contributed by atoms with van der Waals surface area (Å²) in [5.74, 6) is 0.884. The first-order valence-electron chi connectivity index (χ1n) is 13.8. The number of esters is 2. The minimum absolute atomic E-state index is 0.172. The average Bonchev–Trinajstić information content (AvgIpc) is 3.44. The lowest BCUT2D eigenvalue weighted by Gasteiger charge is -2.47. The molecule has 0 radical (unpaired) electrons. The number of hydrogen-bond acceptors (Lipinski definition) is 8. The number of carbonyl (C=O) groups is 2. The van der Waals surface area contributed by atoms with Crippen molar-refractivity contribution >= 4 is 28.8 Å². The van der Waals surface area contributed by atoms with Gasteiger partial charge in [-0.1, -0.05) is 0 Å². The van der Waals surface area contributed by atoms with Gasteiger partial charge in [0.15, 0.2) is 0 Å². The number of aromatic nitrogens is 3. The molecule has 224 valence electrons. The van der Waals surface area contributed by atoms with Gasteiger partial charge in [-0.25, -0.2) is 14.8 Å². The van der Waals surface area contributed by atoms with E-state index in [1.807, 2.05) is 12.1 Å². The summed E-state index contributed by atoms with van der Waals surface area (Å²) in [6.07, 6.45) is -0.624. The summed E-state index contributed by atoms with van der Waals surface area (Å²) in [7, 11) is 2.68. The van der Waals surface area contributed by atoms with Crippen molar-refractivity contribution in [1.82, 2.24) is 15.0 Å². The highest BCUT2D eigenvalue weighted by atomic mass is 19.4. The van der Waals surface area contributed by atoms with Crippen LogP contribution in [-0.4, -0.2) is 59.8 Å². The monoisotopic (exact) mass is 594 g/mol. The smallest absolute Gasteiger partial charge is 0.416 e. The second-order valence-electron chi connectivity index (χ2n) is 10.9. The highest BCUT2D eigenvalue weighted by Gasteiger charge is 2.44. The SMILES string of the molecule is COC(=O)CC1CC2(CCN(c3ccc(-c4nc5ccc(C(F)(F)F)cc5[nH]4)cn3)CC2)Oc2ccc(C(=O)OC)cc21. The standard InChI is InChI=1S/C31H29F3N4O5/c1-41-27(39)14-20-16-30(43-25-7-3-18(13-22(20)25)29(40)42-2)9-11-38(12-10-30)26-8-4-19(17-35-26)28-36-23-6-5-21(31(32,33)34)15-24(23)37-28/h3-8,13,15,17,20H,9-12,14,16H2,1-2H3,(H,36,37). The van der Waals surface area contributed by atoms with Gasteiger partial charge >= 0.3 is 18.1 Å². The third-order valence-corrected chi connectivity index (χ3v) is 8.29. The van der Waals surface area contributed by atoms with Crippen LogP contribution in [0.2, 0.25) is 0 Å². The number of nitrogens with zero attached hydrogens (tertiary/aromatic N) is 3. The van der Waals surface area contributed by atoms with E-state index in [0.29, 0.717) is 66.1 Å². The lowest BCUT2D eigenvalue weighted by molar-refractivity contribution is -0.141. The minimum Gasteiger partial charge on any atom is -0.487 e. The Bertz CT molecular complexity index is 1680. The van der Waals surface area contributed by atoms with Crippen LogP contribution in [0, 0.1) is 0 Å². The molecule has 2 aromatic carbocycles. The number of piperidine rings is 1. The normalized spacial score (nSPS) is 17.8.